The molecule has 0 aliphatic heterocycles. The van der Waals surface area contributed by atoms with Crippen LogP contribution in [0, 0.1) is 0 Å². The number of halogens is 1. The highest BCUT2D eigenvalue weighted by Gasteiger charge is 2.04. The number of benzene rings is 2. The molecule has 1 N–H and O–H groups in total. The van der Waals surface area contributed by atoms with Crippen LogP contribution in [0.2, 0.25) is 5.02 Å². The van der Waals surface area contributed by atoms with Crippen LogP contribution in [0.1, 0.15) is 24.5 Å². The van der Waals surface area contributed by atoms with Crippen LogP contribution < -0.4 is 10.1 Å². The van der Waals surface area contributed by atoms with Crippen LogP contribution >= 0.6 is 11.6 Å². The third kappa shape index (κ3) is 4.93. The minimum absolute atomic E-state index is 0.490. The lowest BCUT2D eigenvalue weighted by Gasteiger charge is -2.09. The standard InChI is InChI=1S/C18H20ClN5O/c1-2-10-24-18(21-22-23-24)20-12-14-6-8-17(9-7-14)25-13-15-4-3-5-16(19)11-15/h3-9,11H,2,10,12-13H2,1H3,(H,20,21,23). The molecule has 0 saturated carbocycles. The lowest BCUT2D eigenvalue weighted by atomic mass is 10.2. The van der Waals surface area contributed by atoms with Gasteiger partial charge in [0.1, 0.15) is 12.4 Å². The number of nitrogens with zero attached hydrogens (tertiary/aromatic N) is 4. The van der Waals surface area contributed by atoms with E-state index >= 15 is 0 Å². The van der Waals surface area contributed by atoms with Gasteiger partial charge in [-0.25, -0.2) is 4.68 Å². The molecule has 0 unspecified atom stereocenters. The SMILES string of the molecule is CCCn1nnnc1NCc1ccc(OCc2cccc(Cl)c2)cc1. The molecule has 0 bridgehead atoms. The molecule has 7 heteroatoms. The lowest BCUT2D eigenvalue weighted by Crippen LogP contribution is -2.08. The highest BCUT2D eigenvalue weighted by molar-refractivity contribution is 6.30. The van der Waals surface area contributed by atoms with E-state index in [4.69, 9.17) is 16.3 Å². The highest BCUT2D eigenvalue weighted by atomic mass is 35.5. The van der Waals surface area contributed by atoms with Gasteiger partial charge < -0.3 is 10.1 Å². The molecule has 0 fully saturated rings. The second kappa shape index (κ2) is 8.48. The van der Waals surface area contributed by atoms with E-state index < -0.39 is 0 Å². The molecule has 1 heterocycles. The number of aromatic nitrogens is 4. The lowest BCUT2D eigenvalue weighted by molar-refractivity contribution is 0.306. The van der Waals surface area contributed by atoms with Gasteiger partial charge in [0.15, 0.2) is 0 Å². The predicted molar refractivity (Wildman–Crippen MR) is 97.7 cm³/mol. The summed E-state index contributed by atoms with van der Waals surface area (Å²) in [5, 5.41) is 15.6. The molecule has 0 amide bonds. The van der Waals surface area contributed by atoms with Crippen molar-refractivity contribution in [2.75, 3.05) is 5.32 Å². The zero-order valence-electron chi connectivity index (χ0n) is 14.0. The summed E-state index contributed by atoms with van der Waals surface area (Å²) < 4.78 is 7.55. The fourth-order valence-corrected chi connectivity index (χ4v) is 2.58. The Kier molecular flexibility index (Phi) is 5.85. The van der Waals surface area contributed by atoms with E-state index in [0.717, 1.165) is 29.8 Å². The average molecular weight is 358 g/mol. The summed E-state index contributed by atoms with van der Waals surface area (Å²) in [6.45, 7) is 4.03. The maximum Gasteiger partial charge on any atom is 0.243 e. The van der Waals surface area contributed by atoms with E-state index in [2.05, 4.69) is 27.8 Å². The summed E-state index contributed by atoms with van der Waals surface area (Å²) in [6, 6.07) is 15.6. The Labute approximate surface area is 151 Å². The molecule has 130 valence electrons. The second-order valence-corrected chi connectivity index (χ2v) is 6.08. The van der Waals surface area contributed by atoms with Crippen LogP contribution in [-0.2, 0) is 19.7 Å². The molecule has 0 aliphatic rings. The van der Waals surface area contributed by atoms with E-state index in [-0.39, 0.29) is 0 Å². The van der Waals surface area contributed by atoms with Crippen molar-refractivity contribution in [1.82, 2.24) is 20.2 Å². The Hall–Kier alpha value is -2.60. The fraction of sp³-hybridized carbons (Fsp3) is 0.278. The van der Waals surface area contributed by atoms with Gasteiger partial charge in [-0.15, -0.1) is 0 Å². The number of tetrazole rings is 1. The van der Waals surface area contributed by atoms with Crippen molar-refractivity contribution in [3.8, 4) is 5.75 Å². The molecular weight excluding hydrogens is 338 g/mol. The number of ether oxygens (including phenoxy) is 1. The van der Waals surface area contributed by atoms with E-state index in [1.165, 1.54) is 0 Å². The van der Waals surface area contributed by atoms with E-state index in [1.807, 2.05) is 48.5 Å². The molecule has 0 spiro atoms. The summed E-state index contributed by atoms with van der Waals surface area (Å²) >= 11 is 5.98. The van der Waals surface area contributed by atoms with E-state index in [9.17, 15) is 0 Å². The van der Waals surface area contributed by atoms with Crippen LogP contribution in [0.3, 0.4) is 0 Å². The van der Waals surface area contributed by atoms with Crippen LogP contribution in [-0.4, -0.2) is 20.2 Å². The zero-order chi connectivity index (χ0) is 17.5. The Morgan fingerprint density at radius 1 is 1.12 bits per heavy atom. The number of nitrogens with one attached hydrogen (secondary N) is 1. The van der Waals surface area contributed by atoms with Crippen molar-refractivity contribution in [1.29, 1.82) is 0 Å². The summed E-state index contributed by atoms with van der Waals surface area (Å²) in [7, 11) is 0. The normalized spacial score (nSPS) is 10.6. The molecule has 0 saturated heterocycles. The van der Waals surface area contributed by atoms with Crippen LogP contribution in [0.4, 0.5) is 5.95 Å². The van der Waals surface area contributed by atoms with Gasteiger partial charge in [-0.3, -0.25) is 0 Å². The number of rotatable bonds is 8. The maximum absolute atomic E-state index is 5.98. The molecule has 3 aromatic rings. The summed E-state index contributed by atoms with van der Waals surface area (Å²) in [5.41, 5.74) is 2.17. The van der Waals surface area contributed by atoms with E-state index in [0.29, 0.717) is 24.1 Å². The molecule has 0 atom stereocenters. The van der Waals surface area contributed by atoms with Gasteiger partial charge in [0.2, 0.25) is 5.95 Å². The van der Waals surface area contributed by atoms with Crippen LogP contribution in [0.25, 0.3) is 0 Å². The molecule has 6 nitrogen and oxygen atoms in total. The van der Waals surface area contributed by atoms with Gasteiger partial charge in [-0.2, -0.15) is 0 Å². The molecule has 1 aromatic heterocycles. The summed E-state index contributed by atoms with van der Waals surface area (Å²) in [6.07, 6.45) is 0.985. The maximum atomic E-state index is 5.98. The van der Waals surface area contributed by atoms with Crippen molar-refractivity contribution in [3.63, 3.8) is 0 Å². The topological polar surface area (TPSA) is 64.9 Å². The van der Waals surface area contributed by atoms with Crippen molar-refractivity contribution in [2.24, 2.45) is 0 Å². The van der Waals surface area contributed by atoms with Crippen molar-refractivity contribution in [3.05, 3.63) is 64.7 Å². The van der Waals surface area contributed by atoms with Crippen molar-refractivity contribution >= 4 is 17.5 Å². The van der Waals surface area contributed by atoms with Gasteiger partial charge in [-0.1, -0.05) is 47.9 Å². The number of anilines is 1. The quantitative estimate of drug-likeness (QED) is 0.661. The first kappa shape index (κ1) is 17.2. The first-order chi connectivity index (χ1) is 12.2. The van der Waals surface area contributed by atoms with Gasteiger partial charge in [0.05, 0.1) is 0 Å². The van der Waals surface area contributed by atoms with E-state index in [1.54, 1.807) is 4.68 Å². The molecule has 2 aromatic carbocycles. The molecular formula is C18H20ClN5O. The predicted octanol–water partition coefficient (Wildman–Crippen LogP) is 3.93. The first-order valence-electron chi connectivity index (χ1n) is 8.21. The van der Waals surface area contributed by atoms with Gasteiger partial charge >= 0.3 is 0 Å². The second-order valence-electron chi connectivity index (χ2n) is 5.64. The average Bonchev–Trinajstić information content (AvgIpc) is 3.07. The van der Waals surface area contributed by atoms with Gasteiger partial charge in [0, 0.05) is 18.1 Å². The number of aryl methyl sites for hydroxylation is 1. The Morgan fingerprint density at radius 3 is 2.72 bits per heavy atom. The number of hydrogen-bond donors (Lipinski definition) is 1. The Bertz CT molecular complexity index is 803. The molecule has 3 rings (SSSR count). The van der Waals surface area contributed by atoms with Crippen molar-refractivity contribution in [2.45, 2.75) is 33.0 Å². The first-order valence-corrected chi connectivity index (χ1v) is 8.58. The molecule has 25 heavy (non-hydrogen) atoms. The zero-order valence-corrected chi connectivity index (χ0v) is 14.8. The number of hydrogen-bond acceptors (Lipinski definition) is 5. The Balaban J connectivity index is 1.52. The summed E-state index contributed by atoms with van der Waals surface area (Å²) in [5.74, 6) is 1.50. The summed E-state index contributed by atoms with van der Waals surface area (Å²) in [4.78, 5) is 0. The highest BCUT2D eigenvalue weighted by Crippen LogP contribution is 2.17. The third-order valence-electron chi connectivity index (χ3n) is 3.64. The van der Waals surface area contributed by atoms with Gasteiger partial charge in [0.25, 0.3) is 0 Å². The smallest absolute Gasteiger partial charge is 0.243 e. The third-order valence-corrected chi connectivity index (χ3v) is 3.87. The molecule has 0 radical (unpaired) electrons. The van der Waals surface area contributed by atoms with Crippen molar-refractivity contribution < 1.29 is 4.74 Å². The minimum Gasteiger partial charge on any atom is -0.489 e. The van der Waals surface area contributed by atoms with Gasteiger partial charge in [-0.05, 0) is 52.2 Å². The van der Waals surface area contributed by atoms with Crippen LogP contribution in [0.15, 0.2) is 48.5 Å². The fourth-order valence-electron chi connectivity index (χ4n) is 2.37. The monoisotopic (exact) mass is 357 g/mol. The minimum atomic E-state index is 0.490. The molecule has 0 aliphatic carbocycles. The largest absolute Gasteiger partial charge is 0.489 e. The van der Waals surface area contributed by atoms with Crippen LogP contribution in [0.5, 0.6) is 5.75 Å². The Morgan fingerprint density at radius 2 is 1.96 bits per heavy atom.